The summed E-state index contributed by atoms with van der Waals surface area (Å²) < 4.78 is 0. The Kier molecular flexibility index (Phi) is 3.57. The van der Waals surface area contributed by atoms with Gasteiger partial charge in [-0.3, -0.25) is 24.3 Å². The van der Waals surface area contributed by atoms with Crippen molar-refractivity contribution < 1.29 is 9.59 Å². The molecule has 27 heavy (non-hydrogen) atoms. The minimum Gasteiger partial charge on any atom is -0.328 e. The average molecular weight is 383 g/mol. The predicted octanol–water partition coefficient (Wildman–Crippen LogP) is 1.52. The first-order chi connectivity index (χ1) is 13.0. The van der Waals surface area contributed by atoms with Crippen molar-refractivity contribution >= 4 is 34.8 Å². The van der Waals surface area contributed by atoms with Gasteiger partial charge in [-0.25, -0.2) is 0 Å². The van der Waals surface area contributed by atoms with Crippen LogP contribution in [-0.2, 0) is 6.42 Å². The SMILES string of the molecule is O=C1c2cc3c(cc2C(=O)N1CC1CNC1)N=C(c1c(Cl)cc[nH]c1=O)C3. The molecule has 0 radical (unpaired) electrons. The number of benzene rings is 1. The van der Waals surface area contributed by atoms with E-state index in [1.54, 1.807) is 18.2 Å². The Bertz CT molecular complexity index is 1100. The normalized spacial score (nSPS) is 18.4. The number of aliphatic imine (C=N–C) groups is 1. The fraction of sp³-hybridized carbons (Fsp3) is 0.263. The molecule has 0 bridgehead atoms. The number of hydrogen-bond donors (Lipinski definition) is 2. The summed E-state index contributed by atoms with van der Waals surface area (Å²) in [6.45, 7) is 2.08. The molecule has 2 aromatic rings. The number of aromatic nitrogens is 1. The lowest BCUT2D eigenvalue weighted by Gasteiger charge is -2.30. The first-order valence-electron chi connectivity index (χ1n) is 8.72. The number of aromatic amines is 1. The average Bonchev–Trinajstić information content (AvgIpc) is 3.09. The van der Waals surface area contributed by atoms with E-state index in [1.807, 2.05) is 0 Å². The summed E-state index contributed by atoms with van der Waals surface area (Å²) in [5.74, 6) is -0.215. The summed E-state index contributed by atoms with van der Waals surface area (Å²) in [6.07, 6.45) is 1.87. The number of amides is 2. The minimum absolute atomic E-state index is 0.256. The number of halogens is 1. The van der Waals surface area contributed by atoms with Crippen LogP contribution >= 0.6 is 11.6 Å². The Morgan fingerprint density at radius 1 is 1.15 bits per heavy atom. The first kappa shape index (κ1) is 16.4. The highest BCUT2D eigenvalue weighted by atomic mass is 35.5. The third-order valence-corrected chi connectivity index (χ3v) is 5.60. The number of carbonyl (C=O) groups excluding carboxylic acids is 2. The molecule has 0 saturated carbocycles. The van der Waals surface area contributed by atoms with Crippen molar-refractivity contribution in [3.63, 3.8) is 0 Å². The monoisotopic (exact) mass is 382 g/mol. The fourth-order valence-electron chi connectivity index (χ4n) is 3.75. The third kappa shape index (κ3) is 2.46. The van der Waals surface area contributed by atoms with Crippen LogP contribution in [0.15, 0.2) is 34.2 Å². The van der Waals surface area contributed by atoms with E-state index in [9.17, 15) is 14.4 Å². The Morgan fingerprint density at radius 2 is 1.89 bits per heavy atom. The van der Waals surface area contributed by atoms with Crippen LogP contribution < -0.4 is 10.9 Å². The van der Waals surface area contributed by atoms with Gasteiger partial charge in [0.05, 0.1) is 33.1 Å². The Labute approximate surface area is 159 Å². The number of H-pyrrole nitrogens is 1. The van der Waals surface area contributed by atoms with Gasteiger partial charge in [0.1, 0.15) is 0 Å². The van der Waals surface area contributed by atoms with Crippen LogP contribution in [0.4, 0.5) is 5.69 Å². The molecule has 1 aromatic heterocycles. The van der Waals surface area contributed by atoms with E-state index < -0.39 is 0 Å². The highest BCUT2D eigenvalue weighted by molar-refractivity contribution is 6.34. The van der Waals surface area contributed by atoms with Crippen molar-refractivity contribution in [1.82, 2.24) is 15.2 Å². The van der Waals surface area contributed by atoms with Gasteiger partial charge in [-0.2, -0.15) is 0 Å². The zero-order valence-corrected chi connectivity index (χ0v) is 15.0. The van der Waals surface area contributed by atoms with Crippen LogP contribution in [0.1, 0.15) is 31.8 Å². The van der Waals surface area contributed by atoms with Crippen molar-refractivity contribution in [2.45, 2.75) is 6.42 Å². The smallest absolute Gasteiger partial charge is 0.261 e. The molecule has 0 spiro atoms. The highest BCUT2D eigenvalue weighted by Gasteiger charge is 2.39. The Hall–Kier alpha value is -2.77. The lowest BCUT2D eigenvalue weighted by molar-refractivity contribution is 0.0612. The van der Waals surface area contributed by atoms with Gasteiger partial charge < -0.3 is 10.3 Å². The molecule has 0 atom stereocenters. The van der Waals surface area contributed by atoms with Crippen molar-refractivity contribution in [2.24, 2.45) is 10.9 Å². The molecule has 7 nitrogen and oxygen atoms in total. The van der Waals surface area contributed by atoms with Crippen LogP contribution in [0.2, 0.25) is 5.02 Å². The van der Waals surface area contributed by atoms with Gasteiger partial charge >= 0.3 is 0 Å². The van der Waals surface area contributed by atoms with E-state index in [4.69, 9.17) is 11.6 Å². The largest absolute Gasteiger partial charge is 0.328 e. The molecule has 1 fully saturated rings. The van der Waals surface area contributed by atoms with E-state index in [1.165, 1.54) is 11.1 Å². The van der Waals surface area contributed by atoms with Gasteiger partial charge in [-0.05, 0) is 23.8 Å². The maximum absolute atomic E-state index is 12.7. The number of pyridine rings is 1. The van der Waals surface area contributed by atoms with Crippen molar-refractivity contribution in [2.75, 3.05) is 19.6 Å². The van der Waals surface area contributed by atoms with Gasteiger partial charge in [-0.1, -0.05) is 11.6 Å². The summed E-state index contributed by atoms with van der Waals surface area (Å²) in [6, 6.07) is 4.98. The molecular weight excluding hydrogens is 368 g/mol. The predicted molar refractivity (Wildman–Crippen MR) is 100 cm³/mol. The van der Waals surface area contributed by atoms with Gasteiger partial charge in [0.15, 0.2) is 0 Å². The van der Waals surface area contributed by atoms with Gasteiger partial charge in [0.25, 0.3) is 17.4 Å². The van der Waals surface area contributed by atoms with Gasteiger partial charge in [-0.15, -0.1) is 0 Å². The van der Waals surface area contributed by atoms with Crippen molar-refractivity contribution in [1.29, 1.82) is 0 Å². The molecule has 0 unspecified atom stereocenters. The van der Waals surface area contributed by atoms with Gasteiger partial charge in [0, 0.05) is 38.2 Å². The fourth-order valence-corrected chi connectivity index (χ4v) is 4.01. The summed E-state index contributed by atoms with van der Waals surface area (Å²) >= 11 is 6.17. The number of hydrogen-bond acceptors (Lipinski definition) is 5. The van der Waals surface area contributed by atoms with Crippen molar-refractivity contribution in [3.05, 3.63) is 62.0 Å². The molecule has 5 rings (SSSR count). The molecule has 136 valence electrons. The number of carbonyl (C=O) groups is 2. The molecule has 1 aromatic carbocycles. The molecule has 0 aliphatic carbocycles. The molecule has 2 N–H and O–H groups in total. The second kappa shape index (κ2) is 5.87. The second-order valence-electron chi connectivity index (χ2n) is 7.04. The summed E-state index contributed by atoms with van der Waals surface area (Å²) in [5.41, 5.74) is 2.77. The number of imide groups is 1. The standard InChI is InChI=1S/C19H15ClN4O3/c20-13-1-2-22-17(25)16(13)15-4-10-3-11-12(5-14(10)23-15)19(27)24(18(11)26)8-9-6-21-7-9/h1-3,5,9,21H,4,6-8H2,(H,22,25). The number of nitrogens with zero attached hydrogens (tertiary/aromatic N) is 2. The van der Waals surface area contributed by atoms with Crippen molar-refractivity contribution in [3.8, 4) is 0 Å². The van der Waals surface area contributed by atoms with Crippen LogP contribution in [-0.4, -0.2) is 47.0 Å². The van der Waals surface area contributed by atoms with Crippen LogP contribution in [0.25, 0.3) is 0 Å². The molecular formula is C19H15ClN4O3. The van der Waals surface area contributed by atoms with E-state index in [2.05, 4.69) is 15.3 Å². The summed E-state index contributed by atoms with van der Waals surface area (Å²) in [5, 5.41) is 3.47. The summed E-state index contributed by atoms with van der Waals surface area (Å²) in [4.78, 5) is 46.0. The minimum atomic E-state index is -0.311. The van der Waals surface area contributed by atoms with E-state index in [0.29, 0.717) is 52.0 Å². The lowest BCUT2D eigenvalue weighted by atomic mass is 10.0. The van der Waals surface area contributed by atoms with Crippen LogP contribution in [0, 0.1) is 5.92 Å². The molecule has 3 aliphatic heterocycles. The number of nitrogens with one attached hydrogen (secondary N) is 2. The van der Waals surface area contributed by atoms with Crippen LogP contribution in [0.5, 0.6) is 0 Å². The highest BCUT2D eigenvalue weighted by Crippen LogP contribution is 2.36. The molecule has 2 amide bonds. The quantitative estimate of drug-likeness (QED) is 0.787. The number of rotatable bonds is 3. The molecule has 1 saturated heterocycles. The number of fused-ring (bicyclic) bond motifs is 2. The molecule has 3 aliphatic rings. The topological polar surface area (TPSA) is 94.6 Å². The van der Waals surface area contributed by atoms with E-state index in [0.717, 1.165) is 18.7 Å². The molecule has 4 heterocycles. The second-order valence-corrected chi connectivity index (χ2v) is 7.44. The zero-order valence-electron chi connectivity index (χ0n) is 14.2. The lowest BCUT2D eigenvalue weighted by Crippen LogP contribution is -2.49. The zero-order chi connectivity index (χ0) is 18.7. The van der Waals surface area contributed by atoms with Crippen LogP contribution in [0.3, 0.4) is 0 Å². The molecule has 8 heteroatoms. The third-order valence-electron chi connectivity index (χ3n) is 5.29. The van der Waals surface area contributed by atoms with E-state index in [-0.39, 0.29) is 17.4 Å². The summed E-state index contributed by atoms with van der Waals surface area (Å²) in [7, 11) is 0. The Balaban J connectivity index is 1.51. The first-order valence-corrected chi connectivity index (χ1v) is 9.09. The van der Waals surface area contributed by atoms with E-state index >= 15 is 0 Å². The Morgan fingerprint density at radius 3 is 2.56 bits per heavy atom. The maximum Gasteiger partial charge on any atom is 0.261 e. The van der Waals surface area contributed by atoms with Gasteiger partial charge in [0.2, 0.25) is 0 Å². The maximum atomic E-state index is 12.7.